The second kappa shape index (κ2) is 4.73. The Bertz CT molecular complexity index is 789. The van der Waals surface area contributed by atoms with Gasteiger partial charge in [0.15, 0.2) is 0 Å². The monoisotopic (exact) mass is 269 g/mol. The highest BCUT2D eigenvalue weighted by molar-refractivity contribution is 5.89. The third-order valence-electron chi connectivity index (χ3n) is 2.92. The van der Waals surface area contributed by atoms with Gasteiger partial charge in [-0.05, 0) is 29.8 Å². The Kier molecular flexibility index (Phi) is 2.90. The predicted molar refractivity (Wildman–Crippen MR) is 76.8 cm³/mol. The minimum atomic E-state index is -0.393. The number of aliphatic imine (C=N–C) groups is 1. The molecule has 5 nitrogen and oxygen atoms in total. The van der Waals surface area contributed by atoms with Crippen molar-refractivity contribution in [2.45, 2.75) is 0 Å². The van der Waals surface area contributed by atoms with Crippen LogP contribution in [0, 0.1) is 5.82 Å². The molecule has 0 aliphatic carbocycles. The molecule has 3 rings (SSSR count). The van der Waals surface area contributed by atoms with Gasteiger partial charge in [0.05, 0.1) is 17.2 Å². The highest BCUT2D eigenvalue weighted by atomic mass is 19.1. The lowest BCUT2D eigenvalue weighted by atomic mass is 10.2. The van der Waals surface area contributed by atoms with E-state index in [1.54, 1.807) is 23.9 Å². The SMILES string of the molecule is CN=Cc1ccc2nc(N)n(-c3ccc(F)cn3)c2c1. The van der Waals surface area contributed by atoms with Crippen LogP contribution in [0.25, 0.3) is 16.9 Å². The van der Waals surface area contributed by atoms with Crippen molar-refractivity contribution in [1.29, 1.82) is 0 Å². The van der Waals surface area contributed by atoms with Crippen LogP contribution in [0.2, 0.25) is 0 Å². The molecule has 0 spiro atoms. The fourth-order valence-corrected chi connectivity index (χ4v) is 2.08. The van der Waals surface area contributed by atoms with Crippen LogP contribution in [-0.4, -0.2) is 27.8 Å². The molecular weight excluding hydrogens is 257 g/mol. The first-order valence-electron chi connectivity index (χ1n) is 6.01. The van der Waals surface area contributed by atoms with E-state index in [1.807, 2.05) is 18.2 Å². The van der Waals surface area contributed by atoms with Crippen LogP contribution in [0.3, 0.4) is 0 Å². The van der Waals surface area contributed by atoms with Crippen LogP contribution >= 0.6 is 0 Å². The fourth-order valence-electron chi connectivity index (χ4n) is 2.08. The van der Waals surface area contributed by atoms with E-state index in [4.69, 9.17) is 5.73 Å². The molecule has 2 N–H and O–H groups in total. The highest BCUT2D eigenvalue weighted by Gasteiger charge is 2.11. The molecule has 0 unspecified atom stereocenters. The molecule has 2 heterocycles. The summed E-state index contributed by atoms with van der Waals surface area (Å²) in [6.07, 6.45) is 2.89. The van der Waals surface area contributed by atoms with Crippen LogP contribution in [0.4, 0.5) is 10.3 Å². The average molecular weight is 269 g/mol. The first kappa shape index (κ1) is 12.3. The van der Waals surface area contributed by atoms with Gasteiger partial charge in [0, 0.05) is 13.3 Å². The summed E-state index contributed by atoms with van der Waals surface area (Å²) in [5.41, 5.74) is 8.42. The number of nitrogens with two attached hydrogens (primary N) is 1. The Labute approximate surface area is 114 Å². The third-order valence-corrected chi connectivity index (χ3v) is 2.92. The molecule has 20 heavy (non-hydrogen) atoms. The lowest BCUT2D eigenvalue weighted by Gasteiger charge is -2.05. The Hall–Kier alpha value is -2.76. The van der Waals surface area contributed by atoms with Gasteiger partial charge >= 0.3 is 0 Å². The van der Waals surface area contributed by atoms with Gasteiger partial charge in [0.25, 0.3) is 0 Å². The molecule has 0 saturated carbocycles. The molecule has 0 aliphatic rings. The van der Waals surface area contributed by atoms with Crippen LogP contribution in [-0.2, 0) is 0 Å². The molecule has 0 aliphatic heterocycles. The van der Waals surface area contributed by atoms with Crippen LogP contribution in [0.15, 0.2) is 41.5 Å². The molecule has 0 fully saturated rings. The standard InChI is InChI=1S/C14H12FN5/c1-17-7-9-2-4-11-12(6-9)20(14(16)19-11)13-5-3-10(15)8-18-13/h2-8H,1H3,(H2,16,19). The zero-order chi connectivity index (χ0) is 14.1. The predicted octanol–water partition coefficient (Wildman–Crippen LogP) is 2.19. The molecule has 0 bridgehead atoms. The van der Waals surface area contributed by atoms with Crippen molar-refractivity contribution in [3.8, 4) is 5.82 Å². The molecule has 2 aromatic heterocycles. The lowest BCUT2D eigenvalue weighted by molar-refractivity contribution is 0.620. The van der Waals surface area contributed by atoms with Crippen LogP contribution < -0.4 is 5.73 Å². The van der Waals surface area contributed by atoms with Gasteiger partial charge in [0.1, 0.15) is 11.6 Å². The van der Waals surface area contributed by atoms with Crippen molar-refractivity contribution < 1.29 is 4.39 Å². The number of halogens is 1. The summed E-state index contributed by atoms with van der Waals surface area (Å²) in [7, 11) is 1.71. The van der Waals surface area contributed by atoms with Gasteiger partial charge in [-0.1, -0.05) is 6.07 Å². The van der Waals surface area contributed by atoms with Crippen molar-refractivity contribution in [1.82, 2.24) is 14.5 Å². The van der Waals surface area contributed by atoms with Crippen LogP contribution in [0.5, 0.6) is 0 Å². The summed E-state index contributed by atoms with van der Waals surface area (Å²) in [4.78, 5) is 12.3. The second-order valence-electron chi connectivity index (χ2n) is 4.28. The number of nitrogens with zero attached hydrogens (tertiary/aromatic N) is 4. The van der Waals surface area contributed by atoms with Gasteiger partial charge in [0.2, 0.25) is 5.95 Å². The first-order valence-corrected chi connectivity index (χ1v) is 6.01. The molecule has 0 atom stereocenters. The van der Waals surface area contributed by atoms with Crippen molar-refractivity contribution in [3.63, 3.8) is 0 Å². The molecule has 0 radical (unpaired) electrons. The molecule has 0 saturated heterocycles. The molecule has 6 heteroatoms. The number of benzene rings is 1. The topological polar surface area (TPSA) is 69.1 Å². The number of fused-ring (bicyclic) bond motifs is 1. The molecule has 3 aromatic rings. The van der Waals surface area contributed by atoms with Crippen molar-refractivity contribution in [2.24, 2.45) is 4.99 Å². The summed E-state index contributed by atoms with van der Waals surface area (Å²) in [6, 6.07) is 8.59. The van der Waals surface area contributed by atoms with E-state index in [2.05, 4.69) is 15.0 Å². The first-order chi connectivity index (χ1) is 9.69. The number of hydrogen-bond acceptors (Lipinski definition) is 4. The Morgan fingerprint density at radius 2 is 2.15 bits per heavy atom. The smallest absolute Gasteiger partial charge is 0.207 e. The average Bonchev–Trinajstić information content (AvgIpc) is 2.76. The van der Waals surface area contributed by atoms with E-state index in [0.29, 0.717) is 11.8 Å². The summed E-state index contributed by atoms with van der Waals surface area (Å²) in [5.74, 6) is 0.442. The maximum atomic E-state index is 13.0. The number of rotatable bonds is 2. The van der Waals surface area contributed by atoms with E-state index in [0.717, 1.165) is 22.8 Å². The number of nitrogen functional groups attached to an aromatic ring is 1. The Balaban J connectivity index is 2.25. The van der Waals surface area contributed by atoms with E-state index >= 15 is 0 Å². The number of aromatic nitrogens is 3. The zero-order valence-electron chi connectivity index (χ0n) is 10.8. The minimum Gasteiger partial charge on any atom is -0.369 e. The normalized spacial score (nSPS) is 11.5. The number of pyridine rings is 1. The van der Waals surface area contributed by atoms with E-state index in [9.17, 15) is 4.39 Å². The van der Waals surface area contributed by atoms with Gasteiger partial charge in [-0.25, -0.2) is 14.4 Å². The molecular formula is C14H12FN5. The van der Waals surface area contributed by atoms with Gasteiger partial charge < -0.3 is 5.73 Å². The largest absolute Gasteiger partial charge is 0.369 e. The van der Waals surface area contributed by atoms with Gasteiger partial charge in [-0.15, -0.1) is 0 Å². The van der Waals surface area contributed by atoms with Crippen molar-refractivity contribution in [3.05, 3.63) is 47.9 Å². The lowest BCUT2D eigenvalue weighted by Crippen LogP contribution is -2.02. The van der Waals surface area contributed by atoms with Gasteiger partial charge in [-0.2, -0.15) is 0 Å². The van der Waals surface area contributed by atoms with E-state index in [1.165, 1.54) is 6.07 Å². The minimum absolute atomic E-state index is 0.310. The number of hydrogen-bond donors (Lipinski definition) is 1. The van der Waals surface area contributed by atoms with E-state index < -0.39 is 5.82 Å². The molecule has 1 aromatic carbocycles. The summed E-state index contributed by atoms with van der Waals surface area (Å²) in [5, 5.41) is 0. The van der Waals surface area contributed by atoms with E-state index in [-0.39, 0.29) is 0 Å². The number of imidazole rings is 1. The summed E-state index contributed by atoms with van der Waals surface area (Å²) in [6.45, 7) is 0. The maximum absolute atomic E-state index is 13.0. The third kappa shape index (κ3) is 2.01. The second-order valence-corrected chi connectivity index (χ2v) is 4.28. The molecule has 100 valence electrons. The summed E-state index contributed by atoms with van der Waals surface area (Å²) >= 11 is 0. The Morgan fingerprint density at radius 1 is 1.30 bits per heavy atom. The van der Waals surface area contributed by atoms with Crippen LogP contribution in [0.1, 0.15) is 5.56 Å². The van der Waals surface area contributed by atoms with Crippen molar-refractivity contribution in [2.75, 3.05) is 12.8 Å². The van der Waals surface area contributed by atoms with Crippen molar-refractivity contribution >= 4 is 23.2 Å². The van der Waals surface area contributed by atoms with Gasteiger partial charge in [-0.3, -0.25) is 9.56 Å². The summed E-state index contributed by atoms with van der Waals surface area (Å²) < 4.78 is 14.7. The Morgan fingerprint density at radius 3 is 2.85 bits per heavy atom. The highest BCUT2D eigenvalue weighted by Crippen LogP contribution is 2.22. The zero-order valence-corrected chi connectivity index (χ0v) is 10.8. The molecule has 0 amide bonds. The maximum Gasteiger partial charge on any atom is 0.207 e. The fraction of sp³-hybridized carbons (Fsp3) is 0.0714. The quantitative estimate of drug-likeness (QED) is 0.725. The number of anilines is 1.